The third kappa shape index (κ3) is 8.43. The summed E-state index contributed by atoms with van der Waals surface area (Å²) >= 11 is 0. The van der Waals surface area contributed by atoms with Gasteiger partial charge in [-0.15, -0.1) is 0 Å². The molecule has 7 nitrogen and oxygen atoms in total. The zero-order valence-corrected chi connectivity index (χ0v) is 25.7. The number of aryl methyl sites for hydroxylation is 2. The monoisotopic (exact) mass is 577 g/mol. The van der Waals surface area contributed by atoms with Crippen LogP contribution in [0, 0.1) is 12.8 Å². The molecule has 0 spiro atoms. The van der Waals surface area contributed by atoms with Crippen molar-refractivity contribution in [1.82, 2.24) is 10.2 Å². The summed E-state index contributed by atoms with van der Waals surface area (Å²) in [4.78, 5) is 29.1. The second-order valence-electron chi connectivity index (χ2n) is 10.7. The van der Waals surface area contributed by atoms with Crippen LogP contribution in [-0.4, -0.2) is 50.8 Å². The molecule has 1 unspecified atom stereocenters. The Labute approximate surface area is 245 Å². The number of rotatable bonds is 14. The maximum atomic E-state index is 14.2. The molecule has 1 atom stereocenters. The van der Waals surface area contributed by atoms with Gasteiger partial charge in [-0.2, -0.15) is 0 Å². The molecular formula is C33H43N3O4S. The number of carbonyl (C=O) groups excluding carboxylic acids is 2. The molecule has 3 rings (SSSR count). The lowest BCUT2D eigenvalue weighted by Crippen LogP contribution is -2.53. The van der Waals surface area contributed by atoms with Gasteiger partial charge in [0, 0.05) is 13.1 Å². The fourth-order valence-electron chi connectivity index (χ4n) is 4.72. The first kappa shape index (κ1) is 31.9. The van der Waals surface area contributed by atoms with Gasteiger partial charge >= 0.3 is 0 Å². The van der Waals surface area contributed by atoms with Gasteiger partial charge in [-0.05, 0) is 61.4 Å². The van der Waals surface area contributed by atoms with E-state index >= 15 is 0 Å². The highest BCUT2D eigenvalue weighted by molar-refractivity contribution is 7.92. The van der Waals surface area contributed by atoms with Crippen molar-refractivity contribution in [2.75, 3.05) is 23.9 Å². The Balaban J connectivity index is 2.03. The molecule has 0 aliphatic carbocycles. The fourth-order valence-corrected chi connectivity index (χ4v) is 6.17. The number of para-hydroxylation sites is 1. The molecule has 0 saturated carbocycles. The molecule has 3 aromatic rings. The van der Waals surface area contributed by atoms with Gasteiger partial charge in [-0.1, -0.05) is 93.9 Å². The van der Waals surface area contributed by atoms with E-state index in [9.17, 15) is 18.0 Å². The number of carbonyl (C=O) groups is 2. The Hall–Kier alpha value is -3.65. The molecular weight excluding hydrogens is 534 g/mol. The standard InChI is InChI=1S/C33H43N3O4S/c1-6-28-15-11-12-16-31(28)36(41(39,40)29-19-17-26(5)18-20-29)24-32(37)35(22-21-27-13-9-8-10-14-27)30(7-2)33(38)34-23-25(3)4/h8-20,25,30H,6-7,21-24H2,1-5H3,(H,34,38). The number of hydrogen-bond donors (Lipinski definition) is 1. The molecule has 0 radical (unpaired) electrons. The maximum Gasteiger partial charge on any atom is 0.264 e. The van der Waals surface area contributed by atoms with Crippen LogP contribution in [0.25, 0.3) is 0 Å². The minimum Gasteiger partial charge on any atom is -0.354 e. The van der Waals surface area contributed by atoms with Gasteiger partial charge in [0.2, 0.25) is 11.8 Å². The second kappa shape index (κ2) is 14.8. The van der Waals surface area contributed by atoms with Gasteiger partial charge in [0.15, 0.2) is 0 Å². The lowest BCUT2D eigenvalue weighted by molar-refractivity contribution is -0.139. The van der Waals surface area contributed by atoms with Gasteiger partial charge in [0.25, 0.3) is 10.0 Å². The Morgan fingerprint density at radius 1 is 0.878 bits per heavy atom. The van der Waals surface area contributed by atoms with Crippen molar-refractivity contribution in [1.29, 1.82) is 0 Å². The van der Waals surface area contributed by atoms with E-state index in [0.29, 0.717) is 31.5 Å². The molecule has 2 amide bonds. The van der Waals surface area contributed by atoms with Crippen molar-refractivity contribution >= 4 is 27.5 Å². The first-order chi connectivity index (χ1) is 19.6. The Morgan fingerprint density at radius 2 is 1.51 bits per heavy atom. The van der Waals surface area contributed by atoms with E-state index in [-0.39, 0.29) is 23.3 Å². The molecule has 0 aliphatic heterocycles. The van der Waals surface area contributed by atoms with Crippen LogP contribution in [0.15, 0.2) is 83.8 Å². The number of anilines is 1. The van der Waals surface area contributed by atoms with Gasteiger partial charge in [0.1, 0.15) is 12.6 Å². The average molecular weight is 578 g/mol. The smallest absolute Gasteiger partial charge is 0.264 e. The van der Waals surface area contributed by atoms with Gasteiger partial charge in [-0.25, -0.2) is 8.42 Å². The number of benzene rings is 3. The van der Waals surface area contributed by atoms with Crippen LogP contribution in [0.3, 0.4) is 0 Å². The largest absolute Gasteiger partial charge is 0.354 e. The molecule has 1 N–H and O–H groups in total. The zero-order chi connectivity index (χ0) is 30.0. The summed E-state index contributed by atoms with van der Waals surface area (Å²) in [5.41, 5.74) is 3.24. The highest BCUT2D eigenvalue weighted by Crippen LogP contribution is 2.28. The maximum absolute atomic E-state index is 14.2. The van der Waals surface area contributed by atoms with Crippen molar-refractivity contribution in [3.05, 3.63) is 95.6 Å². The normalized spacial score (nSPS) is 12.1. The van der Waals surface area contributed by atoms with E-state index in [2.05, 4.69) is 5.32 Å². The molecule has 220 valence electrons. The summed E-state index contributed by atoms with van der Waals surface area (Å²) in [7, 11) is -4.09. The van der Waals surface area contributed by atoms with E-state index < -0.39 is 28.5 Å². The fraction of sp³-hybridized carbons (Fsp3) is 0.394. The molecule has 3 aromatic carbocycles. The van der Waals surface area contributed by atoms with E-state index in [1.54, 1.807) is 41.3 Å². The van der Waals surface area contributed by atoms with Gasteiger partial charge in [0.05, 0.1) is 10.6 Å². The van der Waals surface area contributed by atoms with Crippen LogP contribution in [0.4, 0.5) is 5.69 Å². The molecule has 41 heavy (non-hydrogen) atoms. The Kier molecular flexibility index (Phi) is 11.5. The van der Waals surface area contributed by atoms with Crippen LogP contribution in [0.5, 0.6) is 0 Å². The van der Waals surface area contributed by atoms with Gasteiger partial charge < -0.3 is 10.2 Å². The summed E-state index contributed by atoms with van der Waals surface area (Å²) in [6, 6.07) is 22.9. The third-order valence-electron chi connectivity index (χ3n) is 7.08. The third-order valence-corrected chi connectivity index (χ3v) is 8.86. The molecule has 0 aliphatic rings. The van der Waals surface area contributed by atoms with Crippen LogP contribution >= 0.6 is 0 Å². The lowest BCUT2D eigenvalue weighted by atomic mass is 10.1. The summed E-state index contributed by atoms with van der Waals surface area (Å²) in [6.45, 7) is 10.1. The zero-order valence-electron chi connectivity index (χ0n) is 24.8. The minimum atomic E-state index is -4.09. The van der Waals surface area contributed by atoms with Crippen molar-refractivity contribution in [3.63, 3.8) is 0 Å². The lowest BCUT2D eigenvalue weighted by Gasteiger charge is -2.33. The van der Waals surface area contributed by atoms with Crippen molar-refractivity contribution in [3.8, 4) is 0 Å². The highest BCUT2D eigenvalue weighted by atomic mass is 32.2. The van der Waals surface area contributed by atoms with Crippen LogP contribution in [0.1, 0.15) is 50.8 Å². The summed E-state index contributed by atoms with van der Waals surface area (Å²) < 4.78 is 29.4. The number of hydrogen-bond acceptors (Lipinski definition) is 4. The van der Waals surface area contributed by atoms with Gasteiger partial charge in [-0.3, -0.25) is 13.9 Å². The van der Waals surface area contributed by atoms with E-state index in [4.69, 9.17) is 0 Å². The molecule has 0 aromatic heterocycles. The van der Waals surface area contributed by atoms with Crippen molar-refractivity contribution < 1.29 is 18.0 Å². The summed E-state index contributed by atoms with van der Waals surface area (Å²) in [6.07, 6.45) is 1.54. The highest BCUT2D eigenvalue weighted by Gasteiger charge is 2.34. The van der Waals surface area contributed by atoms with Crippen molar-refractivity contribution in [2.24, 2.45) is 5.92 Å². The number of amides is 2. The summed E-state index contributed by atoms with van der Waals surface area (Å²) in [5.74, 6) is -0.399. The van der Waals surface area contributed by atoms with Crippen LogP contribution in [0.2, 0.25) is 0 Å². The molecule has 0 bridgehead atoms. The number of sulfonamides is 1. The minimum absolute atomic E-state index is 0.111. The van der Waals surface area contributed by atoms with E-state index in [1.807, 2.05) is 77.1 Å². The average Bonchev–Trinajstić information content (AvgIpc) is 2.97. The van der Waals surface area contributed by atoms with Crippen LogP contribution < -0.4 is 9.62 Å². The van der Waals surface area contributed by atoms with Crippen molar-refractivity contribution in [2.45, 2.75) is 64.8 Å². The molecule has 0 fully saturated rings. The molecule has 0 saturated heterocycles. The number of nitrogens with one attached hydrogen (secondary N) is 1. The SMILES string of the molecule is CCc1ccccc1N(CC(=O)N(CCc1ccccc1)C(CC)C(=O)NCC(C)C)S(=O)(=O)c1ccc(C)cc1. The van der Waals surface area contributed by atoms with E-state index in [0.717, 1.165) is 16.7 Å². The Bertz CT molecular complexity index is 1390. The molecule has 8 heteroatoms. The quantitative estimate of drug-likeness (QED) is 0.279. The van der Waals surface area contributed by atoms with Crippen LogP contribution in [-0.2, 0) is 32.5 Å². The first-order valence-electron chi connectivity index (χ1n) is 14.4. The first-order valence-corrected chi connectivity index (χ1v) is 15.8. The number of nitrogens with zero attached hydrogens (tertiary/aromatic N) is 2. The second-order valence-corrected chi connectivity index (χ2v) is 12.6. The molecule has 0 heterocycles. The predicted octanol–water partition coefficient (Wildman–Crippen LogP) is 5.37. The Morgan fingerprint density at radius 3 is 2.12 bits per heavy atom. The summed E-state index contributed by atoms with van der Waals surface area (Å²) in [5, 5.41) is 2.97. The predicted molar refractivity (Wildman–Crippen MR) is 165 cm³/mol. The topological polar surface area (TPSA) is 86.8 Å². The van der Waals surface area contributed by atoms with E-state index in [1.165, 1.54) is 4.31 Å².